The first-order valence-electron chi connectivity index (χ1n) is 5.71. The number of para-hydroxylation sites is 1. The quantitative estimate of drug-likeness (QED) is 0.818. The zero-order valence-corrected chi connectivity index (χ0v) is 10.1. The summed E-state index contributed by atoms with van der Waals surface area (Å²) in [6, 6.07) is 5.15. The van der Waals surface area contributed by atoms with Crippen LogP contribution in [0.15, 0.2) is 18.2 Å². The van der Waals surface area contributed by atoms with Gasteiger partial charge in [0.05, 0.1) is 17.7 Å². The van der Waals surface area contributed by atoms with Gasteiger partial charge in [0.15, 0.2) is 0 Å². The molecule has 92 valence electrons. The smallest absolute Gasteiger partial charge is 0.255 e. The topological polar surface area (TPSA) is 58.6 Å². The summed E-state index contributed by atoms with van der Waals surface area (Å²) in [6.45, 7) is 4.90. The van der Waals surface area contributed by atoms with E-state index in [1.54, 1.807) is 25.1 Å². The molecule has 17 heavy (non-hydrogen) atoms. The molecule has 0 saturated carbocycles. The van der Waals surface area contributed by atoms with Crippen LogP contribution in [-0.4, -0.2) is 29.8 Å². The van der Waals surface area contributed by atoms with Gasteiger partial charge in [-0.2, -0.15) is 0 Å². The minimum atomic E-state index is -0.326. The van der Waals surface area contributed by atoms with Crippen molar-refractivity contribution < 1.29 is 14.6 Å². The number of ether oxygens (including phenoxy) is 1. The number of carbonyl (C=O) groups excluding carboxylic acids is 1. The fourth-order valence-electron chi connectivity index (χ4n) is 1.95. The number of rotatable bonds is 2. The van der Waals surface area contributed by atoms with Crippen LogP contribution in [0.2, 0.25) is 0 Å². The fraction of sp³-hybridized carbons (Fsp3) is 0.462. The summed E-state index contributed by atoms with van der Waals surface area (Å²) >= 11 is 0. The third-order valence-electron chi connectivity index (χ3n) is 3.12. The van der Waals surface area contributed by atoms with E-state index in [1.807, 2.05) is 6.92 Å². The van der Waals surface area contributed by atoms with Crippen molar-refractivity contribution in [1.29, 1.82) is 0 Å². The van der Waals surface area contributed by atoms with Crippen molar-refractivity contribution in [1.82, 2.24) is 5.32 Å². The molecule has 0 spiro atoms. The molecular formula is C13H17NO3. The van der Waals surface area contributed by atoms with E-state index in [0.717, 1.165) is 6.42 Å². The Labute approximate surface area is 101 Å². The van der Waals surface area contributed by atoms with Gasteiger partial charge in [0.1, 0.15) is 5.75 Å². The number of amides is 1. The van der Waals surface area contributed by atoms with Gasteiger partial charge in [0, 0.05) is 6.61 Å². The Bertz CT molecular complexity index is 436. The Morgan fingerprint density at radius 2 is 2.29 bits per heavy atom. The zero-order valence-electron chi connectivity index (χ0n) is 10.1. The summed E-state index contributed by atoms with van der Waals surface area (Å²) in [6.07, 6.45) is 0.797. The second kappa shape index (κ2) is 4.37. The Kier molecular flexibility index (Phi) is 3.07. The molecular weight excluding hydrogens is 218 g/mol. The summed E-state index contributed by atoms with van der Waals surface area (Å²) in [5.74, 6) is -0.202. The number of phenolic OH excluding ortho intramolecular Hbond substituents is 1. The zero-order chi connectivity index (χ0) is 12.5. The highest BCUT2D eigenvalue weighted by Crippen LogP contribution is 2.23. The second-order valence-corrected chi connectivity index (χ2v) is 4.79. The lowest BCUT2D eigenvalue weighted by atomic mass is 10.0. The Morgan fingerprint density at radius 3 is 2.94 bits per heavy atom. The van der Waals surface area contributed by atoms with Crippen LogP contribution in [0.3, 0.4) is 0 Å². The van der Waals surface area contributed by atoms with Crippen molar-refractivity contribution in [2.24, 2.45) is 0 Å². The van der Waals surface area contributed by atoms with E-state index >= 15 is 0 Å². The summed E-state index contributed by atoms with van der Waals surface area (Å²) < 4.78 is 5.27. The SMILES string of the molecule is Cc1cccc(C(=O)NC2(C)CCOC2)c1O. The highest BCUT2D eigenvalue weighted by atomic mass is 16.5. The summed E-state index contributed by atoms with van der Waals surface area (Å²) in [4.78, 5) is 12.1. The lowest BCUT2D eigenvalue weighted by Crippen LogP contribution is -2.46. The van der Waals surface area contributed by atoms with Crippen LogP contribution in [0.1, 0.15) is 29.3 Å². The molecule has 1 aromatic rings. The first-order chi connectivity index (χ1) is 8.02. The summed E-state index contributed by atoms with van der Waals surface area (Å²) in [5.41, 5.74) is 0.691. The summed E-state index contributed by atoms with van der Waals surface area (Å²) in [5, 5.41) is 12.7. The van der Waals surface area contributed by atoms with Crippen LogP contribution in [0.4, 0.5) is 0 Å². The lowest BCUT2D eigenvalue weighted by molar-refractivity contribution is 0.0887. The molecule has 0 radical (unpaired) electrons. The van der Waals surface area contributed by atoms with Gasteiger partial charge >= 0.3 is 0 Å². The average Bonchev–Trinajstić information content (AvgIpc) is 2.68. The van der Waals surface area contributed by atoms with E-state index in [0.29, 0.717) is 24.3 Å². The van der Waals surface area contributed by atoms with Crippen LogP contribution in [0, 0.1) is 6.92 Å². The van der Waals surface area contributed by atoms with Gasteiger partial charge in [-0.15, -0.1) is 0 Å². The number of phenols is 1. The number of carbonyl (C=O) groups is 1. The van der Waals surface area contributed by atoms with Gasteiger partial charge in [-0.1, -0.05) is 12.1 Å². The highest BCUT2D eigenvalue weighted by molar-refractivity contribution is 5.97. The number of aromatic hydroxyl groups is 1. The molecule has 2 N–H and O–H groups in total. The van der Waals surface area contributed by atoms with Crippen LogP contribution in [0.5, 0.6) is 5.75 Å². The van der Waals surface area contributed by atoms with Crippen molar-refractivity contribution in [3.05, 3.63) is 29.3 Å². The lowest BCUT2D eigenvalue weighted by Gasteiger charge is -2.23. The van der Waals surface area contributed by atoms with E-state index in [2.05, 4.69) is 5.32 Å². The molecule has 0 aliphatic carbocycles. The predicted octanol–water partition coefficient (Wildman–Crippen LogP) is 1.61. The van der Waals surface area contributed by atoms with Crippen molar-refractivity contribution in [2.45, 2.75) is 25.8 Å². The number of hydrogen-bond donors (Lipinski definition) is 2. The molecule has 1 fully saturated rings. The highest BCUT2D eigenvalue weighted by Gasteiger charge is 2.32. The van der Waals surface area contributed by atoms with E-state index in [9.17, 15) is 9.90 Å². The second-order valence-electron chi connectivity index (χ2n) is 4.79. The van der Waals surface area contributed by atoms with Gasteiger partial charge in [-0.05, 0) is 31.9 Å². The molecule has 1 atom stereocenters. The third kappa shape index (κ3) is 2.42. The Balaban J connectivity index is 2.17. The normalized spacial score (nSPS) is 23.6. The monoisotopic (exact) mass is 235 g/mol. The van der Waals surface area contributed by atoms with Crippen molar-refractivity contribution in [2.75, 3.05) is 13.2 Å². The maximum absolute atomic E-state index is 12.1. The molecule has 1 unspecified atom stereocenters. The first-order valence-corrected chi connectivity index (χ1v) is 5.71. The minimum Gasteiger partial charge on any atom is -0.507 e. The first kappa shape index (κ1) is 11.9. The number of hydrogen-bond acceptors (Lipinski definition) is 3. The maximum atomic E-state index is 12.1. The van der Waals surface area contributed by atoms with Crippen LogP contribution < -0.4 is 5.32 Å². The van der Waals surface area contributed by atoms with Gasteiger partial charge in [-0.3, -0.25) is 4.79 Å². The van der Waals surface area contributed by atoms with Crippen LogP contribution in [0.25, 0.3) is 0 Å². The van der Waals surface area contributed by atoms with Crippen molar-refractivity contribution in [3.63, 3.8) is 0 Å². The molecule has 1 aliphatic heterocycles. The third-order valence-corrected chi connectivity index (χ3v) is 3.12. The molecule has 1 aromatic carbocycles. The molecule has 1 aliphatic rings. The van der Waals surface area contributed by atoms with Gasteiger partial charge < -0.3 is 15.2 Å². The van der Waals surface area contributed by atoms with Gasteiger partial charge in [-0.25, -0.2) is 0 Å². The number of benzene rings is 1. The van der Waals surface area contributed by atoms with E-state index in [-0.39, 0.29) is 17.2 Å². The van der Waals surface area contributed by atoms with E-state index in [4.69, 9.17) is 4.74 Å². The Morgan fingerprint density at radius 1 is 1.53 bits per heavy atom. The fourth-order valence-corrected chi connectivity index (χ4v) is 1.95. The molecule has 0 aromatic heterocycles. The largest absolute Gasteiger partial charge is 0.507 e. The predicted molar refractivity (Wildman–Crippen MR) is 64.2 cm³/mol. The van der Waals surface area contributed by atoms with Crippen LogP contribution >= 0.6 is 0 Å². The molecule has 1 heterocycles. The van der Waals surface area contributed by atoms with Crippen molar-refractivity contribution in [3.8, 4) is 5.75 Å². The number of aryl methyl sites for hydroxylation is 1. The molecule has 1 amide bonds. The van der Waals surface area contributed by atoms with Crippen molar-refractivity contribution >= 4 is 5.91 Å². The van der Waals surface area contributed by atoms with Crippen LogP contribution in [-0.2, 0) is 4.74 Å². The molecule has 2 rings (SSSR count). The summed E-state index contributed by atoms with van der Waals surface area (Å²) in [7, 11) is 0. The van der Waals surface area contributed by atoms with E-state index in [1.165, 1.54) is 0 Å². The van der Waals surface area contributed by atoms with Gasteiger partial charge in [0.2, 0.25) is 0 Å². The Hall–Kier alpha value is -1.55. The molecule has 4 heteroatoms. The average molecular weight is 235 g/mol. The molecule has 1 saturated heterocycles. The van der Waals surface area contributed by atoms with E-state index < -0.39 is 0 Å². The maximum Gasteiger partial charge on any atom is 0.255 e. The van der Waals surface area contributed by atoms with Gasteiger partial charge in [0.25, 0.3) is 5.91 Å². The molecule has 0 bridgehead atoms. The number of nitrogens with one attached hydrogen (secondary N) is 1. The minimum absolute atomic E-state index is 0.0486. The molecule has 4 nitrogen and oxygen atoms in total. The standard InChI is InChI=1S/C13H17NO3/c1-9-4-3-5-10(11(9)15)12(16)14-13(2)6-7-17-8-13/h3-5,15H,6-8H2,1-2H3,(H,14,16).